The van der Waals surface area contributed by atoms with Crippen LogP contribution in [-0.2, 0) is 0 Å². The summed E-state index contributed by atoms with van der Waals surface area (Å²) in [6.45, 7) is 6.56. The first-order valence-corrected chi connectivity index (χ1v) is 8.46. The number of hydrazone groups is 1. The van der Waals surface area contributed by atoms with Crippen LogP contribution in [0.15, 0.2) is 47.6 Å². The number of hydrogen-bond acceptors (Lipinski definition) is 5. The average molecular weight is 356 g/mol. The normalized spacial score (nSPS) is 11.5. The third kappa shape index (κ3) is 5.51. The molecular formula is C20H24N2O4. The standard InChI is InChI=1S/C20H24N2O4/c1-13(2)10-11-26-17-7-4-15(5-8-17)20(25)22-21-14(3)18-9-6-16(23)12-19(18)24/h4-9,12-13,23-24H,10-11H2,1-3H3,(H,22,25)/b21-14+. The molecule has 0 radical (unpaired) electrons. The van der Waals surface area contributed by atoms with E-state index in [9.17, 15) is 15.0 Å². The molecule has 26 heavy (non-hydrogen) atoms. The summed E-state index contributed by atoms with van der Waals surface area (Å²) in [7, 11) is 0. The van der Waals surface area contributed by atoms with Gasteiger partial charge in [-0.15, -0.1) is 0 Å². The predicted molar refractivity (Wildman–Crippen MR) is 101 cm³/mol. The molecule has 0 aliphatic heterocycles. The van der Waals surface area contributed by atoms with E-state index in [0.717, 1.165) is 12.2 Å². The molecule has 0 spiro atoms. The second kappa shape index (κ2) is 8.89. The summed E-state index contributed by atoms with van der Waals surface area (Å²) >= 11 is 0. The van der Waals surface area contributed by atoms with E-state index in [1.165, 1.54) is 18.2 Å². The summed E-state index contributed by atoms with van der Waals surface area (Å²) in [5.41, 5.74) is 3.75. The first-order chi connectivity index (χ1) is 12.4. The summed E-state index contributed by atoms with van der Waals surface area (Å²) in [6.07, 6.45) is 0.973. The molecule has 0 saturated carbocycles. The maximum atomic E-state index is 12.2. The molecule has 6 heteroatoms. The summed E-state index contributed by atoms with van der Waals surface area (Å²) < 4.78 is 5.62. The van der Waals surface area contributed by atoms with Crippen LogP contribution in [0.25, 0.3) is 0 Å². The van der Waals surface area contributed by atoms with Crippen molar-refractivity contribution in [3.63, 3.8) is 0 Å². The molecule has 3 N–H and O–H groups in total. The predicted octanol–water partition coefficient (Wildman–Crippen LogP) is 3.68. The third-order valence-electron chi connectivity index (χ3n) is 3.78. The van der Waals surface area contributed by atoms with Gasteiger partial charge in [0.05, 0.1) is 12.3 Å². The SMILES string of the molecule is C/C(=N\NC(=O)c1ccc(OCCC(C)C)cc1)c1ccc(O)cc1O. The molecule has 2 rings (SSSR count). The van der Waals surface area contributed by atoms with Gasteiger partial charge < -0.3 is 14.9 Å². The lowest BCUT2D eigenvalue weighted by Gasteiger charge is -2.09. The van der Waals surface area contributed by atoms with Crippen LogP contribution in [-0.4, -0.2) is 28.4 Å². The molecule has 2 aromatic carbocycles. The van der Waals surface area contributed by atoms with Crippen molar-refractivity contribution in [2.75, 3.05) is 6.61 Å². The van der Waals surface area contributed by atoms with Crippen molar-refractivity contribution in [1.82, 2.24) is 5.43 Å². The fraction of sp³-hybridized carbons (Fsp3) is 0.300. The maximum absolute atomic E-state index is 12.2. The molecule has 0 heterocycles. The lowest BCUT2D eigenvalue weighted by Crippen LogP contribution is -2.19. The lowest BCUT2D eigenvalue weighted by molar-refractivity contribution is 0.0954. The highest BCUT2D eigenvalue weighted by Gasteiger charge is 2.08. The number of nitrogens with zero attached hydrogens (tertiary/aromatic N) is 1. The molecule has 0 aromatic heterocycles. The quantitative estimate of drug-likeness (QED) is 0.521. The van der Waals surface area contributed by atoms with E-state index in [-0.39, 0.29) is 17.4 Å². The highest BCUT2D eigenvalue weighted by atomic mass is 16.5. The molecule has 0 unspecified atom stereocenters. The van der Waals surface area contributed by atoms with Crippen LogP contribution >= 0.6 is 0 Å². The van der Waals surface area contributed by atoms with Gasteiger partial charge in [-0.3, -0.25) is 4.79 Å². The number of nitrogens with one attached hydrogen (secondary N) is 1. The van der Waals surface area contributed by atoms with Crippen LogP contribution in [0, 0.1) is 5.92 Å². The Bertz CT molecular complexity index is 783. The van der Waals surface area contributed by atoms with Gasteiger partial charge in [0.2, 0.25) is 0 Å². The number of amides is 1. The highest BCUT2D eigenvalue weighted by Crippen LogP contribution is 2.23. The second-order valence-electron chi connectivity index (χ2n) is 6.39. The van der Waals surface area contributed by atoms with E-state index in [1.807, 2.05) is 0 Å². The van der Waals surface area contributed by atoms with E-state index in [0.29, 0.717) is 29.4 Å². The fourth-order valence-corrected chi connectivity index (χ4v) is 2.20. The van der Waals surface area contributed by atoms with Gasteiger partial charge in [0.1, 0.15) is 17.2 Å². The van der Waals surface area contributed by atoms with Gasteiger partial charge in [-0.1, -0.05) is 13.8 Å². The fourth-order valence-electron chi connectivity index (χ4n) is 2.20. The Hall–Kier alpha value is -3.02. The molecule has 0 fully saturated rings. The Kier molecular flexibility index (Phi) is 6.60. The Morgan fingerprint density at radius 3 is 2.46 bits per heavy atom. The number of ether oxygens (including phenoxy) is 1. The van der Waals surface area contributed by atoms with Crippen molar-refractivity contribution >= 4 is 11.6 Å². The number of hydrogen-bond donors (Lipinski definition) is 3. The van der Waals surface area contributed by atoms with Crippen molar-refractivity contribution in [2.24, 2.45) is 11.0 Å². The molecule has 138 valence electrons. The van der Waals surface area contributed by atoms with E-state index in [4.69, 9.17) is 4.74 Å². The van der Waals surface area contributed by atoms with Gasteiger partial charge in [-0.25, -0.2) is 5.43 Å². The van der Waals surface area contributed by atoms with Gasteiger partial charge in [0, 0.05) is 17.2 Å². The van der Waals surface area contributed by atoms with Crippen LogP contribution in [0.2, 0.25) is 0 Å². The minimum Gasteiger partial charge on any atom is -0.508 e. The van der Waals surface area contributed by atoms with Gasteiger partial charge in [-0.05, 0) is 55.7 Å². The largest absolute Gasteiger partial charge is 0.508 e. The first kappa shape index (κ1) is 19.3. The number of carbonyl (C=O) groups excluding carboxylic acids is 1. The van der Waals surface area contributed by atoms with Gasteiger partial charge >= 0.3 is 0 Å². The van der Waals surface area contributed by atoms with Crippen LogP contribution < -0.4 is 10.2 Å². The van der Waals surface area contributed by atoms with Crippen LogP contribution in [0.1, 0.15) is 43.1 Å². The van der Waals surface area contributed by atoms with Crippen LogP contribution in [0.5, 0.6) is 17.2 Å². The van der Waals surface area contributed by atoms with Crippen molar-refractivity contribution in [1.29, 1.82) is 0 Å². The highest BCUT2D eigenvalue weighted by molar-refractivity contribution is 6.02. The maximum Gasteiger partial charge on any atom is 0.271 e. The molecule has 1 amide bonds. The molecule has 0 bridgehead atoms. The van der Waals surface area contributed by atoms with E-state index >= 15 is 0 Å². The Balaban J connectivity index is 1.96. The smallest absolute Gasteiger partial charge is 0.271 e. The van der Waals surface area contributed by atoms with Crippen molar-refractivity contribution in [3.8, 4) is 17.2 Å². The lowest BCUT2D eigenvalue weighted by atomic mass is 10.1. The van der Waals surface area contributed by atoms with Crippen molar-refractivity contribution in [2.45, 2.75) is 27.2 Å². The number of phenolic OH excluding ortho intramolecular Hbond substituents is 2. The van der Waals surface area contributed by atoms with Gasteiger partial charge in [0.25, 0.3) is 5.91 Å². The second-order valence-corrected chi connectivity index (χ2v) is 6.39. The topological polar surface area (TPSA) is 91.2 Å². The average Bonchev–Trinajstić information content (AvgIpc) is 2.59. The Labute approximate surface area is 153 Å². The summed E-state index contributed by atoms with van der Waals surface area (Å²) in [5, 5.41) is 23.1. The number of phenols is 2. The summed E-state index contributed by atoms with van der Waals surface area (Å²) in [4.78, 5) is 12.2. The van der Waals surface area contributed by atoms with Gasteiger partial charge in [0.15, 0.2) is 0 Å². The Morgan fingerprint density at radius 2 is 1.85 bits per heavy atom. The zero-order chi connectivity index (χ0) is 19.1. The van der Waals surface area contributed by atoms with Crippen LogP contribution in [0.4, 0.5) is 0 Å². The van der Waals surface area contributed by atoms with Crippen LogP contribution in [0.3, 0.4) is 0 Å². The minimum absolute atomic E-state index is 0.0428. The number of benzene rings is 2. The third-order valence-corrected chi connectivity index (χ3v) is 3.78. The zero-order valence-electron chi connectivity index (χ0n) is 15.2. The molecular weight excluding hydrogens is 332 g/mol. The number of carbonyl (C=O) groups is 1. The van der Waals surface area contributed by atoms with E-state index in [2.05, 4.69) is 24.4 Å². The summed E-state index contributed by atoms with van der Waals surface area (Å²) in [6, 6.07) is 11.0. The molecule has 0 aliphatic rings. The molecule has 0 aliphatic carbocycles. The van der Waals surface area contributed by atoms with E-state index < -0.39 is 0 Å². The van der Waals surface area contributed by atoms with E-state index in [1.54, 1.807) is 31.2 Å². The molecule has 0 atom stereocenters. The Morgan fingerprint density at radius 1 is 1.15 bits per heavy atom. The molecule has 2 aromatic rings. The molecule has 6 nitrogen and oxygen atoms in total. The number of rotatable bonds is 7. The number of aromatic hydroxyl groups is 2. The molecule has 0 saturated heterocycles. The zero-order valence-corrected chi connectivity index (χ0v) is 15.2. The summed E-state index contributed by atoms with van der Waals surface area (Å²) in [5.74, 6) is 0.781. The monoisotopic (exact) mass is 356 g/mol. The van der Waals surface area contributed by atoms with Crippen molar-refractivity contribution in [3.05, 3.63) is 53.6 Å². The van der Waals surface area contributed by atoms with Gasteiger partial charge in [-0.2, -0.15) is 5.10 Å². The first-order valence-electron chi connectivity index (χ1n) is 8.46. The van der Waals surface area contributed by atoms with Crippen molar-refractivity contribution < 1.29 is 19.7 Å². The minimum atomic E-state index is -0.364.